The first-order valence-electron chi connectivity index (χ1n) is 5.74. The van der Waals surface area contributed by atoms with Gasteiger partial charge in [0, 0.05) is 12.8 Å². The Hall–Kier alpha value is -1.61. The number of ether oxygens (including phenoxy) is 1. The lowest BCUT2D eigenvalue weighted by Crippen LogP contribution is -2.01. The van der Waals surface area contributed by atoms with Crippen LogP contribution < -0.4 is 0 Å². The molecule has 1 aliphatic carbocycles. The Morgan fingerprint density at radius 2 is 2.06 bits per heavy atom. The standard InChI is InChI=1S/C14H16O3/c1-10(15)17-9-11-2-4-12(5-3-11)13-6-7-14(16)8-13/h2-7,13-14,16H,8-9H2,1H3/t13-,14-/m1/s1. The maximum absolute atomic E-state index is 10.7. The second-order valence-electron chi connectivity index (χ2n) is 4.32. The largest absolute Gasteiger partial charge is 0.461 e. The fraction of sp³-hybridized carbons (Fsp3) is 0.357. The molecule has 1 aromatic carbocycles. The number of hydrogen-bond donors (Lipinski definition) is 1. The first kappa shape index (κ1) is 11.9. The predicted molar refractivity (Wildman–Crippen MR) is 64.4 cm³/mol. The zero-order valence-electron chi connectivity index (χ0n) is 9.80. The molecule has 0 amide bonds. The Balaban J connectivity index is 1.98. The molecule has 1 aliphatic rings. The molecule has 0 bridgehead atoms. The van der Waals surface area contributed by atoms with Crippen molar-refractivity contribution in [1.29, 1.82) is 0 Å². The van der Waals surface area contributed by atoms with Crippen LogP contribution in [0.3, 0.4) is 0 Å². The number of benzene rings is 1. The van der Waals surface area contributed by atoms with E-state index >= 15 is 0 Å². The summed E-state index contributed by atoms with van der Waals surface area (Å²) in [5, 5.41) is 9.42. The molecule has 0 saturated heterocycles. The second-order valence-corrected chi connectivity index (χ2v) is 4.32. The van der Waals surface area contributed by atoms with Gasteiger partial charge < -0.3 is 9.84 Å². The number of hydrogen-bond acceptors (Lipinski definition) is 3. The predicted octanol–water partition coefficient (Wildman–Crippen LogP) is 2.15. The second kappa shape index (κ2) is 5.15. The van der Waals surface area contributed by atoms with Gasteiger partial charge >= 0.3 is 5.97 Å². The molecule has 3 nitrogen and oxygen atoms in total. The summed E-state index contributed by atoms with van der Waals surface area (Å²) in [6.07, 6.45) is 4.30. The molecule has 90 valence electrons. The Morgan fingerprint density at radius 1 is 1.35 bits per heavy atom. The van der Waals surface area contributed by atoms with E-state index in [1.54, 1.807) is 0 Å². The molecular formula is C14H16O3. The number of esters is 1. The van der Waals surface area contributed by atoms with Gasteiger partial charge in [-0.15, -0.1) is 0 Å². The first-order chi connectivity index (χ1) is 8.15. The van der Waals surface area contributed by atoms with E-state index < -0.39 is 0 Å². The Labute approximate surface area is 101 Å². The SMILES string of the molecule is CC(=O)OCc1ccc([C@@H]2C=C[C@@H](O)C2)cc1. The summed E-state index contributed by atoms with van der Waals surface area (Å²) in [6, 6.07) is 7.95. The molecule has 0 fully saturated rings. The van der Waals surface area contributed by atoms with Crippen LogP contribution >= 0.6 is 0 Å². The normalized spacial score (nSPS) is 22.7. The highest BCUT2D eigenvalue weighted by Crippen LogP contribution is 2.28. The van der Waals surface area contributed by atoms with Gasteiger partial charge in [-0.2, -0.15) is 0 Å². The quantitative estimate of drug-likeness (QED) is 0.641. The highest BCUT2D eigenvalue weighted by molar-refractivity contribution is 5.65. The van der Waals surface area contributed by atoms with Crippen molar-refractivity contribution < 1.29 is 14.6 Å². The highest BCUT2D eigenvalue weighted by atomic mass is 16.5. The van der Waals surface area contributed by atoms with Crippen LogP contribution in [-0.2, 0) is 16.1 Å². The molecule has 0 unspecified atom stereocenters. The van der Waals surface area contributed by atoms with Crippen LogP contribution in [0.5, 0.6) is 0 Å². The summed E-state index contributed by atoms with van der Waals surface area (Å²) >= 11 is 0. The van der Waals surface area contributed by atoms with Gasteiger partial charge in [0.1, 0.15) is 6.61 Å². The maximum Gasteiger partial charge on any atom is 0.302 e. The van der Waals surface area contributed by atoms with Gasteiger partial charge in [-0.3, -0.25) is 4.79 Å². The van der Waals surface area contributed by atoms with Crippen LogP contribution in [0.15, 0.2) is 36.4 Å². The van der Waals surface area contributed by atoms with Gasteiger partial charge in [-0.05, 0) is 17.5 Å². The lowest BCUT2D eigenvalue weighted by molar-refractivity contribution is -0.142. The zero-order valence-corrected chi connectivity index (χ0v) is 9.80. The minimum atomic E-state index is -0.319. The van der Waals surface area contributed by atoms with Crippen molar-refractivity contribution in [3.8, 4) is 0 Å². The molecule has 0 saturated carbocycles. The van der Waals surface area contributed by atoms with Crippen LogP contribution in [-0.4, -0.2) is 17.2 Å². The maximum atomic E-state index is 10.7. The van der Waals surface area contributed by atoms with Crippen molar-refractivity contribution >= 4 is 5.97 Å². The van der Waals surface area contributed by atoms with Gasteiger partial charge in [0.05, 0.1) is 6.10 Å². The lowest BCUT2D eigenvalue weighted by atomic mass is 9.97. The van der Waals surface area contributed by atoms with E-state index in [4.69, 9.17) is 4.74 Å². The Bertz CT molecular complexity index is 420. The number of rotatable bonds is 3. The number of carbonyl (C=O) groups excluding carboxylic acids is 1. The molecule has 0 heterocycles. The summed E-state index contributed by atoms with van der Waals surface area (Å²) in [4.78, 5) is 10.7. The van der Waals surface area contributed by atoms with Crippen LogP contribution in [0.25, 0.3) is 0 Å². The molecule has 1 N–H and O–H groups in total. The lowest BCUT2D eigenvalue weighted by Gasteiger charge is -2.10. The average Bonchev–Trinajstić information content (AvgIpc) is 2.74. The minimum Gasteiger partial charge on any atom is -0.461 e. The molecule has 17 heavy (non-hydrogen) atoms. The first-order valence-corrected chi connectivity index (χ1v) is 5.74. The molecule has 0 aliphatic heterocycles. The summed E-state index contributed by atoms with van der Waals surface area (Å²) in [5.74, 6) is 0.0312. The van der Waals surface area contributed by atoms with E-state index in [1.165, 1.54) is 12.5 Å². The summed E-state index contributed by atoms with van der Waals surface area (Å²) in [6.45, 7) is 1.72. The van der Waals surface area contributed by atoms with Gasteiger partial charge in [0.15, 0.2) is 0 Å². The van der Waals surface area contributed by atoms with E-state index in [9.17, 15) is 9.90 Å². The number of aliphatic hydroxyl groups excluding tert-OH is 1. The van der Waals surface area contributed by atoms with E-state index in [1.807, 2.05) is 36.4 Å². The van der Waals surface area contributed by atoms with E-state index in [-0.39, 0.29) is 12.1 Å². The van der Waals surface area contributed by atoms with Crippen LogP contribution in [0.2, 0.25) is 0 Å². The van der Waals surface area contributed by atoms with E-state index in [0.29, 0.717) is 12.5 Å². The molecule has 0 aromatic heterocycles. The van der Waals surface area contributed by atoms with Gasteiger partial charge in [-0.1, -0.05) is 36.4 Å². The third-order valence-corrected chi connectivity index (χ3v) is 2.91. The van der Waals surface area contributed by atoms with Crippen LogP contribution in [0, 0.1) is 0 Å². The van der Waals surface area contributed by atoms with Crippen LogP contribution in [0.1, 0.15) is 30.4 Å². The summed E-state index contributed by atoms with van der Waals surface area (Å²) in [7, 11) is 0. The molecule has 2 atom stereocenters. The highest BCUT2D eigenvalue weighted by Gasteiger charge is 2.17. The summed E-state index contributed by atoms with van der Waals surface area (Å²) in [5.41, 5.74) is 2.16. The third-order valence-electron chi connectivity index (χ3n) is 2.91. The fourth-order valence-electron chi connectivity index (χ4n) is 1.97. The topological polar surface area (TPSA) is 46.5 Å². The van der Waals surface area contributed by atoms with Gasteiger partial charge in [0.25, 0.3) is 0 Å². The van der Waals surface area contributed by atoms with Crippen molar-refractivity contribution in [3.05, 3.63) is 47.5 Å². The Morgan fingerprint density at radius 3 is 2.59 bits per heavy atom. The van der Waals surface area contributed by atoms with Crippen molar-refractivity contribution in [3.63, 3.8) is 0 Å². The minimum absolute atomic E-state index is 0.268. The third kappa shape index (κ3) is 3.17. The Kier molecular flexibility index (Phi) is 3.59. The average molecular weight is 232 g/mol. The van der Waals surface area contributed by atoms with E-state index in [0.717, 1.165) is 12.0 Å². The number of allylic oxidation sites excluding steroid dienone is 1. The van der Waals surface area contributed by atoms with Crippen molar-refractivity contribution in [1.82, 2.24) is 0 Å². The molecule has 3 heteroatoms. The molecule has 1 aromatic rings. The number of aliphatic hydroxyl groups is 1. The van der Waals surface area contributed by atoms with Gasteiger partial charge in [-0.25, -0.2) is 0 Å². The molecule has 0 radical (unpaired) electrons. The van der Waals surface area contributed by atoms with Crippen LogP contribution in [0.4, 0.5) is 0 Å². The van der Waals surface area contributed by atoms with Crippen molar-refractivity contribution in [2.24, 2.45) is 0 Å². The summed E-state index contributed by atoms with van der Waals surface area (Å²) < 4.78 is 4.92. The molecule has 2 rings (SSSR count). The monoisotopic (exact) mass is 232 g/mol. The van der Waals surface area contributed by atoms with E-state index in [2.05, 4.69) is 0 Å². The fourth-order valence-corrected chi connectivity index (χ4v) is 1.97. The van der Waals surface area contributed by atoms with Gasteiger partial charge in [0.2, 0.25) is 0 Å². The smallest absolute Gasteiger partial charge is 0.302 e. The molecule has 0 spiro atoms. The van der Waals surface area contributed by atoms with Crippen molar-refractivity contribution in [2.75, 3.05) is 0 Å². The molecular weight excluding hydrogens is 216 g/mol. The number of carbonyl (C=O) groups is 1. The van der Waals surface area contributed by atoms with Crippen molar-refractivity contribution in [2.45, 2.75) is 32.0 Å². The zero-order chi connectivity index (χ0) is 12.3.